The first kappa shape index (κ1) is 29.3. The lowest BCUT2D eigenvalue weighted by atomic mass is 9.67. The first-order chi connectivity index (χ1) is 19.4. The zero-order valence-electron chi connectivity index (χ0n) is 23.1. The number of ether oxygens (including phenoxy) is 1. The van der Waals surface area contributed by atoms with Crippen molar-refractivity contribution in [3.8, 4) is 17.0 Å². The van der Waals surface area contributed by atoms with Crippen LogP contribution in [0.5, 0.6) is 5.88 Å². The minimum absolute atomic E-state index is 0.0198. The number of halogens is 3. The molecule has 0 bridgehead atoms. The van der Waals surface area contributed by atoms with Crippen molar-refractivity contribution in [1.29, 1.82) is 0 Å². The molecule has 1 saturated carbocycles. The van der Waals surface area contributed by atoms with E-state index in [1.165, 1.54) is 11.8 Å². The monoisotopic (exact) mass is 575 g/mol. The smallest absolute Gasteiger partial charge is 0.395 e. The van der Waals surface area contributed by atoms with Gasteiger partial charge in [0, 0.05) is 42.9 Å². The molecule has 5 rings (SSSR count). The molecule has 2 aliphatic heterocycles. The Morgan fingerprint density at radius 3 is 2.27 bits per heavy atom. The van der Waals surface area contributed by atoms with Crippen LogP contribution < -0.4 is 4.74 Å². The lowest BCUT2D eigenvalue weighted by molar-refractivity contribution is -0.256. The standard InChI is InChI=1S/C30H36F3N3O5/c1-28(27(39)40)15-24(37)17-36(28)26(38)22-5-3-21(4-6-22)23-7-8-25(34-16-23)41-18-20-9-13-35(14-10-20)19-29(11-2-12-29)30(31,32)33/h3-8,16,20,24,37H,2,9-15,17-19H2,1H3,(H,39,40). The van der Waals surface area contributed by atoms with E-state index in [2.05, 4.69) is 4.98 Å². The number of carbonyl (C=O) groups is 2. The van der Waals surface area contributed by atoms with E-state index in [1.807, 2.05) is 11.0 Å². The Morgan fingerprint density at radius 2 is 1.73 bits per heavy atom. The maximum Gasteiger partial charge on any atom is 0.395 e. The fourth-order valence-electron chi connectivity index (χ4n) is 6.23. The van der Waals surface area contributed by atoms with Gasteiger partial charge in [-0.3, -0.25) is 4.79 Å². The fourth-order valence-corrected chi connectivity index (χ4v) is 6.23. The number of carboxylic acids is 1. The van der Waals surface area contributed by atoms with Crippen LogP contribution in [0.1, 0.15) is 55.8 Å². The van der Waals surface area contributed by atoms with E-state index in [1.54, 1.807) is 36.5 Å². The number of aliphatic hydroxyl groups is 1. The molecular formula is C30H36F3N3O5. The number of aromatic nitrogens is 1. The molecule has 2 atom stereocenters. The Kier molecular flexibility index (Phi) is 8.04. The van der Waals surface area contributed by atoms with Crippen LogP contribution in [0, 0.1) is 11.3 Å². The number of hydrogen-bond acceptors (Lipinski definition) is 6. The summed E-state index contributed by atoms with van der Waals surface area (Å²) in [7, 11) is 0. The Labute approximate surface area is 237 Å². The van der Waals surface area contributed by atoms with Gasteiger partial charge < -0.3 is 24.7 Å². The van der Waals surface area contributed by atoms with Crippen LogP contribution in [0.3, 0.4) is 0 Å². The van der Waals surface area contributed by atoms with Crippen molar-refractivity contribution in [2.24, 2.45) is 11.3 Å². The number of pyridine rings is 1. The van der Waals surface area contributed by atoms with Crippen LogP contribution in [-0.2, 0) is 4.79 Å². The minimum Gasteiger partial charge on any atom is -0.480 e. The molecule has 1 amide bonds. The summed E-state index contributed by atoms with van der Waals surface area (Å²) >= 11 is 0. The van der Waals surface area contributed by atoms with Crippen molar-refractivity contribution < 1.29 is 37.7 Å². The minimum atomic E-state index is -4.13. The predicted molar refractivity (Wildman–Crippen MR) is 144 cm³/mol. The Hall–Kier alpha value is -3.18. The molecule has 3 aliphatic rings. The molecule has 0 radical (unpaired) electrons. The summed E-state index contributed by atoms with van der Waals surface area (Å²) in [5, 5.41) is 19.6. The fraction of sp³-hybridized carbons (Fsp3) is 0.567. The van der Waals surface area contributed by atoms with Crippen molar-refractivity contribution >= 4 is 11.9 Å². The highest BCUT2D eigenvalue weighted by atomic mass is 19.4. The Balaban J connectivity index is 1.11. The van der Waals surface area contributed by atoms with Gasteiger partial charge in [0.25, 0.3) is 5.91 Å². The number of carboxylic acid groups (broad SMARTS) is 1. The molecule has 2 unspecified atom stereocenters. The van der Waals surface area contributed by atoms with E-state index in [-0.39, 0.29) is 38.3 Å². The zero-order valence-corrected chi connectivity index (χ0v) is 23.1. The average Bonchev–Trinajstić information content (AvgIpc) is 3.24. The second-order valence-electron chi connectivity index (χ2n) is 12.0. The van der Waals surface area contributed by atoms with Gasteiger partial charge in [0.2, 0.25) is 5.88 Å². The summed E-state index contributed by atoms with van der Waals surface area (Å²) in [6.45, 7) is 3.26. The maximum atomic E-state index is 13.5. The van der Waals surface area contributed by atoms with Crippen LogP contribution in [0.2, 0.25) is 0 Å². The number of aliphatic hydroxyl groups excluding tert-OH is 1. The first-order valence-electron chi connectivity index (χ1n) is 14.1. The summed E-state index contributed by atoms with van der Waals surface area (Å²) in [5.41, 5.74) is -1.02. The number of likely N-dealkylation sites (tertiary alicyclic amines) is 2. The average molecular weight is 576 g/mol. The molecule has 41 heavy (non-hydrogen) atoms. The maximum absolute atomic E-state index is 13.5. The third-order valence-corrected chi connectivity index (χ3v) is 9.14. The van der Waals surface area contributed by atoms with Gasteiger partial charge in [-0.15, -0.1) is 0 Å². The van der Waals surface area contributed by atoms with Crippen molar-refractivity contribution in [3.63, 3.8) is 0 Å². The molecule has 2 N–H and O–H groups in total. The van der Waals surface area contributed by atoms with Crippen molar-refractivity contribution in [2.75, 3.05) is 32.8 Å². The highest BCUT2D eigenvalue weighted by molar-refractivity contribution is 5.98. The molecule has 8 nitrogen and oxygen atoms in total. The van der Waals surface area contributed by atoms with Gasteiger partial charge in [0.15, 0.2) is 0 Å². The lowest BCUT2D eigenvalue weighted by Crippen LogP contribution is -2.53. The van der Waals surface area contributed by atoms with Crippen LogP contribution >= 0.6 is 0 Å². The van der Waals surface area contributed by atoms with E-state index in [0.717, 1.165) is 24.0 Å². The summed E-state index contributed by atoms with van der Waals surface area (Å²) in [4.78, 5) is 32.3. The number of piperidine rings is 1. The zero-order chi connectivity index (χ0) is 29.4. The number of alkyl halides is 3. The predicted octanol–water partition coefficient (Wildman–Crippen LogP) is 4.62. The van der Waals surface area contributed by atoms with E-state index in [0.29, 0.717) is 37.6 Å². The molecule has 11 heteroatoms. The van der Waals surface area contributed by atoms with Gasteiger partial charge in [0.05, 0.1) is 18.1 Å². The SMILES string of the molecule is CC1(C(=O)O)CC(O)CN1C(=O)c1ccc(-c2ccc(OCC3CCN(CC4(C(F)(F)F)CCC4)CC3)nc2)cc1. The normalized spacial score (nSPS) is 25.1. The summed E-state index contributed by atoms with van der Waals surface area (Å²) in [6, 6.07) is 10.4. The van der Waals surface area contributed by atoms with Crippen molar-refractivity contribution in [2.45, 2.75) is 63.3 Å². The number of nitrogens with zero attached hydrogens (tertiary/aromatic N) is 3. The van der Waals surface area contributed by atoms with Gasteiger partial charge in [-0.05, 0) is 75.4 Å². The van der Waals surface area contributed by atoms with Crippen LogP contribution in [0.4, 0.5) is 13.2 Å². The van der Waals surface area contributed by atoms with Crippen LogP contribution in [0.25, 0.3) is 11.1 Å². The first-order valence-corrected chi connectivity index (χ1v) is 14.1. The van der Waals surface area contributed by atoms with Gasteiger partial charge >= 0.3 is 12.1 Å². The third kappa shape index (κ3) is 5.92. The second-order valence-corrected chi connectivity index (χ2v) is 12.0. The van der Waals surface area contributed by atoms with Crippen LogP contribution in [-0.4, -0.2) is 87.5 Å². The largest absolute Gasteiger partial charge is 0.480 e. The quantitative estimate of drug-likeness (QED) is 0.474. The van der Waals surface area contributed by atoms with Gasteiger partial charge in [-0.25, -0.2) is 9.78 Å². The number of amides is 1. The molecule has 1 aromatic carbocycles. The topological polar surface area (TPSA) is 103 Å². The molecule has 0 spiro atoms. The van der Waals surface area contributed by atoms with E-state index < -0.39 is 35.1 Å². The van der Waals surface area contributed by atoms with E-state index >= 15 is 0 Å². The molecule has 3 fully saturated rings. The van der Waals surface area contributed by atoms with E-state index in [9.17, 15) is 33.0 Å². The lowest BCUT2D eigenvalue weighted by Gasteiger charge is -2.47. The number of hydrogen-bond donors (Lipinski definition) is 2. The van der Waals surface area contributed by atoms with E-state index in [4.69, 9.17) is 4.74 Å². The number of carbonyl (C=O) groups excluding carboxylic acids is 1. The van der Waals surface area contributed by atoms with Gasteiger partial charge in [0.1, 0.15) is 5.54 Å². The number of rotatable bonds is 8. The summed E-state index contributed by atoms with van der Waals surface area (Å²) < 4.78 is 46.4. The molecule has 2 saturated heterocycles. The number of aliphatic carboxylic acids is 1. The Morgan fingerprint density at radius 1 is 1.07 bits per heavy atom. The van der Waals surface area contributed by atoms with Crippen molar-refractivity contribution in [3.05, 3.63) is 48.2 Å². The van der Waals surface area contributed by atoms with Crippen LogP contribution in [0.15, 0.2) is 42.6 Å². The summed E-state index contributed by atoms with van der Waals surface area (Å²) in [5.74, 6) is -0.871. The Bertz CT molecular complexity index is 1240. The van der Waals surface area contributed by atoms with Gasteiger partial charge in [-0.1, -0.05) is 18.6 Å². The highest BCUT2D eigenvalue weighted by Gasteiger charge is 2.58. The third-order valence-electron chi connectivity index (χ3n) is 9.14. The van der Waals surface area contributed by atoms with Crippen molar-refractivity contribution in [1.82, 2.24) is 14.8 Å². The summed E-state index contributed by atoms with van der Waals surface area (Å²) in [6.07, 6.45) is -0.668. The number of β-amino-alcohol motifs (C(OH)–C–C–N with tert-alkyl or cyclic N) is 1. The number of benzene rings is 1. The molecule has 1 aromatic heterocycles. The molecular weight excluding hydrogens is 539 g/mol. The molecule has 222 valence electrons. The molecule has 3 heterocycles. The molecule has 2 aromatic rings. The molecule has 1 aliphatic carbocycles. The second kappa shape index (κ2) is 11.2. The highest BCUT2D eigenvalue weighted by Crippen LogP contribution is 2.53. The van der Waals surface area contributed by atoms with Gasteiger partial charge in [-0.2, -0.15) is 13.2 Å².